The standard InChI is InChI=1S/C14H8N2O2/c1-8-9(7-15)6-11-13(16-8)10-4-2-3-5-12(10)18-14(11)17/h2-6H,1H3. The van der Waals surface area contributed by atoms with Gasteiger partial charge in [-0.05, 0) is 25.1 Å². The normalized spacial score (nSPS) is 10.7. The van der Waals surface area contributed by atoms with Crippen LogP contribution in [-0.2, 0) is 0 Å². The van der Waals surface area contributed by atoms with E-state index in [4.69, 9.17) is 9.68 Å². The third-order valence-corrected chi connectivity index (χ3v) is 2.90. The van der Waals surface area contributed by atoms with Crippen LogP contribution in [0, 0.1) is 18.3 Å². The van der Waals surface area contributed by atoms with E-state index in [2.05, 4.69) is 4.98 Å². The lowest BCUT2D eigenvalue weighted by atomic mass is 10.1. The quantitative estimate of drug-likeness (QED) is 0.444. The molecule has 4 nitrogen and oxygen atoms in total. The van der Waals surface area contributed by atoms with E-state index >= 15 is 0 Å². The van der Waals surface area contributed by atoms with E-state index in [9.17, 15) is 4.79 Å². The lowest BCUT2D eigenvalue weighted by Crippen LogP contribution is -2.03. The molecule has 0 fully saturated rings. The predicted molar refractivity (Wildman–Crippen MR) is 67.2 cm³/mol. The van der Waals surface area contributed by atoms with E-state index in [1.165, 1.54) is 6.07 Å². The minimum atomic E-state index is -0.465. The Morgan fingerprint density at radius 1 is 1.28 bits per heavy atom. The zero-order chi connectivity index (χ0) is 12.7. The van der Waals surface area contributed by atoms with E-state index in [0.29, 0.717) is 27.7 Å². The maximum atomic E-state index is 11.9. The number of para-hydroxylation sites is 1. The van der Waals surface area contributed by atoms with Gasteiger partial charge in [0, 0.05) is 5.39 Å². The second-order valence-electron chi connectivity index (χ2n) is 4.01. The summed E-state index contributed by atoms with van der Waals surface area (Å²) in [5.74, 6) is 0. The molecule has 0 aliphatic carbocycles. The molecule has 18 heavy (non-hydrogen) atoms. The van der Waals surface area contributed by atoms with Crippen LogP contribution in [0.3, 0.4) is 0 Å². The van der Waals surface area contributed by atoms with Crippen molar-refractivity contribution in [1.82, 2.24) is 4.98 Å². The van der Waals surface area contributed by atoms with E-state index in [1.807, 2.05) is 18.2 Å². The van der Waals surface area contributed by atoms with Gasteiger partial charge < -0.3 is 4.42 Å². The SMILES string of the molecule is Cc1nc2c(cc1C#N)c(=O)oc1ccccc12. The summed E-state index contributed by atoms with van der Waals surface area (Å²) in [7, 11) is 0. The summed E-state index contributed by atoms with van der Waals surface area (Å²) in [6.07, 6.45) is 0. The first-order valence-corrected chi connectivity index (χ1v) is 5.44. The lowest BCUT2D eigenvalue weighted by Gasteiger charge is -2.03. The Morgan fingerprint density at radius 2 is 2.06 bits per heavy atom. The van der Waals surface area contributed by atoms with Gasteiger partial charge >= 0.3 is 5.63 Å². The minimum Gasteiger partial charge on any atom is -0.422 e. The molecule has 3 rings (SSSR count). The van der Waals surface area contributed by atoms with Crippen molar-refractivity contribution in [2.75, 3.05) is 0 Å². The Bertz CT molecular complexity index is 872. The molecular weight excluding hydrogens is 228 g/mol. The van der Waals surface area contributed by atoms with Crippen LogP contribution in [0.4, 0.5) is 0 Å². The van der Waals surface area contributed by atoms with Crippen LogP contribution in [0.15, 0.2) is 39.5 Å². The third-order valence-electron chi connectivity index (χ3n) is 2.90. The van der Waals surface area contributed by atoms with Crippen LogP contribution in [0.25, 0.3) is 21.9 Å². The maximum Gasteiger partial charge on any atom is 0.345 e. The number of aromatic nitrogens is 1. The van der Waals surface area contributed by atoms with Gasteiger partial charge in [0.25, 0.3) is 0 Å². The van der Waals surface area contributed by atoms with Crippen molar-refractivity contribution in [3.05, 3.63) is 52.0 Å². The summed E-state index contributed by atoms with van der Waals surface area (Å²) in [5.41, 5.74) is 1.63. The maximum absolute atomic E-state index is 11.9. The highest BCUT2D eigenvalue weighted by Crippen LogP contribution is 2.22. The molecule has 0 N–H and O–H groups in total. The number of nitriles is 1. The van der Waals surface area contributed by atoms with Gasteiger partial charge in [0.05, 0.1) is 22.2 Å². The molecule has 1 aromatic carbocycles. The van der Waals surface area contributed by atoms with Crippen LogP contribution in [-0.4, -0.2) is 4.98 Å². The summed E-state index contributed by atoms with van der Waals surface area (Å²) in [4.78, 5) is 16.2. The smallest absolute Gasteiger partial charge is 0.345 e. The molecule has 2 heterocycles. The molecule has 0 aliphatic heterocycles. The van der Waals surface area contributed by atoms with Gasteiger partial charge in [-0.2, -0.15) is 5.26 Å². The fourth-order valence-electron chi connectivity index (χ4n) is 1.99. The molecule has 4 heteroatoms. The van der Waals surface area contributed by atoms with Crippen LogP contribution in [0.5, 0.6) is 0 Å². The summed E-state index contributed by atoms with van der Waals surface area (Å²) in [6.45, 7) is 1.75. The summed E-state index contributed by atoms with van der Waals surface area (Å²) in [5, 5.41) is 10.1. The largest absolute Gasteiger partial charge is 0.422 e. The Balaban J connectivity index is 2.62. The van der Waals surface area contributed by atoms with Gasteiger partial charge in [-0.25, -0.2) is 4.79 Å². The zero-order valence-corrected chi connectivity index (χ0v) is 9.60. The molecule has 0 aliphatic rings. The Hall–Kier alpha value is -2.67. The molecule has 0 bridgehead atoms. The zero-order valence-electron chi connectivity index (χ0n) is 9.60. The third kappa shape index (κ3) is 1.38. The summed E-state index contributed by atoms with van der Waals surface area (Å²) in [6, 6.07) is 10.8. The van der Waals surface area contributed by atoms with E-state index in [0.717, 1.165) is 5.39 Å². The first-order chi connectivity index (χ1) is 8.70. The van der Waals surface area contributed by atoms with Gasteiger partial charge in [-0.3, -0.25) is 4.98 Å². The van der Waals surface area contributed by atoms with Crippen LogP contribution in [0.2, 0.25) is 0 Å². The molecule has 0 radical (unpaired) electrons. The van der Waals surface area contributed by atoms with E-state index in [-0.39, 0.29) is 0 Å². The number of rotatable bonds is 0. The number of hydrogen-bond acceptors (Lipinski definition) is 4. The van der Waals surface area contributed by atoms with Crippen molar-refractivity contribution in [3.63, 3.8) is 0 Å². The molecule has 0 amide bonds. The van der Waals surface area contributed by atoms with Gasteiger partial charge in [0.2, 0.25) is 0 Å². The van der Waals surface area contributed by atoms with Crippen molar-refractivity contribution >= 4 is 21.9 Å². The fourth-order valence-corrected chi connectivity index (χ4v) is 1.99. The molecule has 0 atom stereocenters. The van der Waals surface area contributed by atoms with Gasteiger partial charge in [-0.1, -0.05) is 12.1 Å². The summed E-state index contributed by atoms with van der Waals surface area (Å²) < 4.78 is 5.21. The van der Waals surface area contributed by atoms with Crippen LogP contribution >= 0.6 is 0 Å². The number of hydrogen-bond donors (Lipinski definition) is 0. The van der Waals surface area contributed by atoms with Crippen molar-refractivity contribution in [3.8, 4) is 6.07 Å². The van der Waals surface area contributed by atoms with E-state index in [1.54, 1.807) is 19.1 Å². The average molecular weight is 236 g/mol. The molecule has 0 spiro atoms. The molecule has 0 saturated carbocycles. The highest BCUT2D eigenvalue weighted by atomic mass is 16.4. The van der Waals surface area contributed by atoms with Crippen LogP contribution in [0.1, 0.15) is 11.3 Å². The molecule has 2 aromatic heterocycles. The van der Waals surface area contributed by atoms with E-state index < -0.39 is 5.63 Å². The molecule has 86 valence electrons. The molecule has 0 saturated heterocycles. The van der Waals surface area contributed by atoms with Gasteiger partial charge in [-0.15, -0.1) is 0 Å². The first-order valence-electron chi connectivity index (χ1n) is 5.44. The molecular formula is C14H8N2O2. The fraction of sp³-hybridized carbons (Fsp3) is 0.0714. The topological polar surface area (TPSA) is 66.9 Å². The van der Waals surface area contributed by atoms with Crippen molar-refractivity contribution in [1.29, 1.82) is 5.26 Å². The minimum absolute atomic E-state index is 0.343. The summed E-state index contributed by atoms with van der Waals surface area (Å²) >= 11 is 0. The predicted octanol–water partition coefficient (Wildman–Crippen LogP) is 2.52. The van der Waals surface area contributed by atoms with Gasteiger partial charge in [0.15, 0.2) is 0 Å². The number of fused-ring (bicyclic) bond motifs is 3. The lowest BCUT2D eigenvalue weighted by molar-refractivity contribution is 0.569. The second-order valence-corrected chi connectivity index (χ2v) is 4.01. The number of nitrogens with zero attached hydrogens (tertiary/aromatic N) is 2. The van der Waals surface area contributed by atoms with Crippen molar-refractivity contribution in [2.24, 2.45) is 0 Å². The number of aryl methyl sites for hydroxylation is 1. The highest BCUT2D eigenvalue weighted by Gasteiger charge is 2.11. The average Bonchev–Trinajstić information content (AvgIpc) is 2.38. The second kappa shape index (κ2) is 3.67. The number of benzene rings is 1. The Morgan fingerprint density at radius 3 is 2.83 bits per heavy atom. The van der Waals surface area contributed by atoms with Crippen LogP contribution < -0.4 is 5.63 Å². The highest BCUT2D eigenvalue weighted by molar-refractivity contribution is 6.01. The van der Waals surface area contributed by atoms with Crippen molar-refractivity contribution in [2.45, 2.75) is 6.92 Å². The number of pyridine rings is 1. The monoisotopic (exact) mass is 236 g/mol. The Labute approximate surface area is 102 Å². The molecule has 3 aromatic rings. The van der Waals surface area contributed by atoms with Gasteiger partial charge in [0.1, 0.15) is 11.7 Å². The first kappa shape index (κ1) is 10.5. The molecule has 0 unspecified atom stereocenters. The van der Waals surface area contributed by atoms with Crippen molar-refractivity contribution < 1.29 is 4.42 Å². The Kier molecular flexibility index (Phi) is 2.14.